The fourth-order valence-corrected chi connectivity index (χ4v) is 3.15. The van der Waals surface area contributed by atoms with Crippen molar-refractivity contribution in [3.8, 4) is 0 Å². The number of nitrogens with zero attached hydrogens (tertiary/aromatic N) is 1. The Morgan fingerprint density at radius 3 is 1.16 bits per heavy atom. The van der Waals surface area contributed by atoms with E-state index in [9.17, 15) is 51.1 Å². The van der Waals surface area contributed by atoms with Crippen molar-refractivity contribution in [1.82, 2.24) is 0 Å². The molecule has 0 aliphatic carbocycles. The number of hydrogen-bond donors (Lipinski definition) is 10. The predicted octanol–water partition coefficient (Wildman–Crippen LogP) is -4.92. The predicted molar refractivity (Wildman–Crippen MR) is 104 cm³/mol. The fourth-order valence-electron chi connectivity index (χ4n) is 3.15. The zero-order valence-electron chi connectivity index (χ0n) is 17.5. The van der Waals surface area contributed by atoms with Crippen LogP contribution in [0.5, 0.6) is 0 Å². The van der Waals surface area contributed by atoms with Crippen molar-refractivity contribution in [3.63, 3.8) is 0 Å². The van der Waals surface area contributed by atoms with Crippen LogP contribution in [-0.4, -0.2) is 142 Å². The SMILES string of the molecule is N#P=O.OCOC(CO)(CO)C(CO)(COCC(CO)(CO)CO)C(CO)(CO)OCO. The standard InChI is InChI=1S/C16H34O13.NOP/c17-1-13(2-18,3-19)9-27-10-14(4-20,15(5-21,6-22)28-11-25)16(7-23,8-24)29-12-26;1-3-2/h17-26H,1-12H2;. The molecular formula is C16H34NO14P. The summed E-state index contributed by atoms with van der Waals surface area (Å²) in [5.41, 5.74) is -8.18. The van der Waals surface area contributed by atoms with Crippen LogP contribution in [0.4, 0.5) is 0 Å². The summed E-state index contributed by atoms with van der Waals surface area (Å²) in [5.74, 6) is 0. The molecule has 0 saturated heterocycles. The minimum Gasteiger partial charge on any atom is -0.396 e. The third-order valence-corrected chi connectivity index (χ3v) is 5.48. The average molecular weight is 495 g/mol. The molecule has 0 fully saturated rings. The second-order valence-corrected chi connectivity index (χ2v) is 7.12. The minimum absolute atomic E-state index is 0.490. The molecule has 15 nitrogen and oxygen atoms in total. The maximum absolute atomic E-state index is 10.2. The first-order valence-electron chi connectivity index (χ1n) is 9.14. The molecule has 0 unspecified atom stereocenters. The van der Waals surface area contributed by atoms with Crippen LogP contribution in [0.25, 0.3) is 0 Å². The Kier molecular flexibility index (Phi) is 17.8. The molecule has 10 N–H and O–H groups in total. The molecular weight excluding hydrogens is 461 g/mol. The van der Waals surface area contributed by atoms with E-state index in [1.54, 1.807) is 0 Å². The molecule has 0 radical (unpaired) electrons. The van der Waals surface area contributed by atoms with Gasteiger partial charge in [-0.2, -0.15) is 0 Å². The molecule has 0 saturated carbocycles. The van der Waals surface area contributed by atoms with E-state index in [2.05, 4.69) is 0 Å². The van der Waals surface area contributed by atoms with Crippen LogP contribution in [0.3, 0.4) is 0 Å². The maximum atomic E-state index is 10.2. The number of ether oxygens (including phenoxy) is 3. The van der Waals surface area contributed by atoms with Gasteiger partial charge in [-0.05, 0) is 0 Å². The van der Waals surface area contributed by atoms with Gasteiger partial charge >= 0.3 is 17.7 Å². The van der Waals surface area contributed by atoms with Gasteiger partial charge in [0.25, 0.3) is 0 Å². The molecule has 0 amide bonds. The summed E-state index contributed by atoms with van der Waals surface area (Å²) in [5, 5.41) is 104. The maximum Gasteiger partial charge on any atom is 0.144 e. The summed E-state index contributed by atoms with van der Waals surface area (Å²) < 4.78 is 24.1. The Morgan fingerprint density at radius 2 is 0.938 bits per heavy atom. The topological polar surface area (TPSA) is 271 Å². The summed E-state index contributed by atoms with van der Waals surface area (Å²) >= 11 is 0. The first kappa shape index (κ1) is 33.6. The molecule has 0 aromatic heterocycles. The third kappa shape index (κ3) is 7.21. The van der Waals surface area contributed by atoms with Gasteiger partial charge in [-0.3, -0.25) is 0 Å². The van der Waals surface area contributed by atoms with Crippen molar-refractivity contribution in [2.75, 3.05) is 79.7 Å². The Labute approximate surface area is 185 Å². The Balaban J connectivity index is 0. The van der Waals surface area contributed by atoms with Gasteiger partial charge in [-0.15, -0.1) is 0 Å². The summed E-state index contributed by atoms with van der Waals surface area (Å²) in [6.45, 7) is -10.6. The van der Waals surface area contributed by atoms with Gasteiger partial charge in [-0.25, -0.2) is 0 Å². The molecule has 16 heteroatoms. The van der Waals surface area contributed by atoms with Gasteiger partial charge in [0.2, 0.25) is 0 Å². The summed E-state index contributed by atoms with van der Waals surface area (Å²) in [6, 6.07) is 0. The van der Waals surface area contributed by atoms with Crippen molar-refractivity contribution in [2.24, 2.45) is 10.8 Å². The number of rotatable bonds is 18. The van der Waals surface area contributed by atoms with Gasteiger partial charge in [0.15, 0.2) is 0 Å². The molecule has 0 aromatic rings. The van der Waals surface area contributed by atoms with E-state index < -0.39 is 110 Å². The van der Waals surface area contributed by atoms with Crippen LogP contribution >= 0.6 is 8.10 Å². The van der Waals surface area contributed by atoms with E-state index in [0.29, 0.717) is 0 Å². The molecule has 0 heterocycles. The Morgan fingerprint density at radius 1 is 0.594 bits per heavy atom. The molecule has 0 aromatic carbocycles. The summed E-state index contributed by atoms with van der Waals surface area (Å²) in [4.78, 5) is 0. The molecule has 0 rings (SSSR count). The van der Waals surface area contributed by atoms with Gasteiger partial charge in [0.05, 0.1) is 76.9 Å². The van der Waals surface area contributed by atoms with Crippen molar-refractivity contribution in [1.29, 1.82) is 5.00 Å². The van der Waals surface area contributed by atoms with Crippen molar-refractivity contribution in [3.05, 3.63) is 0 Å². The van der Waals surface area contributed by atoms with Gasteiger partial charge in [0, 0.05) is 0 Å². The van der Waals surface area contributed by atoms with Crippen molar-refractivity contribution < 1.29 is 69.8 Å². The van der Waals surface area contributed by atoms with E-state index >= 15 is 0 Å². The van der Waals surface area contributed by atoms with E-state index in [1.165, 1.54) is 0 Å². The quantitative estimate of drug-likeness (QED) is 0.0630. The number of hydrogen-bond acceptors (Lipinski definition) is 15. The second-order valence-electron chi connectivity index (χ2n) is 6.96. The van der Waals surface area contributed by atoms with Crippen LogP contribution in [0.1, 0.15) is 0 Å². The molecule has 192 valence electrons. The first-order chi connectivity index (χ1) is 15.2. The Hall–Kier alpha value is -0.580. The third-order valence-electron chi connectivity index (χ3n) is 5.48. The van der Waals surface area contributed by atoms with E-state index in [4.69, 9.17) is 23.8 Å². The molecule has 0 atom stereocenters. The van der Waals surface area contributed by atoms with E-state index in [1.807, 2.05) is 0 Å². The molecule has 0 spiro atoms. The second kappa shape index (κ2) is 16.9. The van der Waals surface area contributed by atoms with Gasteiger partial charge < -0.3 is 65.3 Å². The fraction of sp³-hybridized carbons (Fsp3) is 1.00. The van der Waals surface area contributed by atoms with Crippen LogP contribution in [0, 0.1) is 15.8 Å². The largest absolute Gasteiger partial charge is 0.396 e. The van der Waals surface area contributed by atoms with Crippen LogP contribution < -0.4 is 0 Å². The van der Waals surface area contributed by atoms with Crippen LogP contribution in [0.2, 0.25) is 0 Å². The van der Waals surface area contributed by atoms with E-state index in [-0.39, 0.29) is 0 Å². The summed E-state index contributed by atoms with van der Waals surface area (Å²) in [7, 11) is -0.833. The van der Waals surface area contributed by atoms with Crippen molar-refractivity contribution >= 4 is 8.10 Å². The average Bonchev–Trinajstić information content (AvgIpc) is 2.83. The molecule has 0 aliphatic rings. The molecule has 0 aliphatic heterocycles. The number of aliphatic hydroxyl groups is 10. The van der Waals surface area contributed by atoms with Gasteiger partial charge in [-0.1, -0.05) is 0 Å². The zero-order valence-corrected chi connectivity index (χ0v) is 18.4. The normalized spacial score (nSPS) is 12.9. The van der Waals surface area contributed by atoms with Crippen LogP contribution in [-0.2, 0) is 18.8 Å². The monoisotopic (exact) mass is 495 g/mol. The van der Waals surface area contributed by atoms with Crippen LogP contribution in [0.15, 0.2) is 0 Å². The van der Waals surface area contributed by atoms with Gasteiger partial charge in [0.1, 0.15) is 24.8 Å². The number of aliphatic hydroxyl groups excluding tert-OH is 10. The Bertz CT molecular complexity index is 522. The van der Waals surface area contributed by atoms with E-state index in [0.717, 1.165) is 0 Å². The van der Waals surface area contributed by atoms with Crippen molar-refractivity contribution in [2.45, 2.75) is 11.2 Å². The summed E-state index contributed by atoms with van der Waals surface area (Å²) in [6.07, 6.45) is 0. The molecule has 32 heavy (non-hydrogen) atoms. The minimum atomic E-state index is -2.25. The molecule has 0 bridgehead atoms. The smallest absolute Gasteiger partial charge is 0.144 e. The first-order valence-corrected chi connectivity index (χ1v) is 9.91. The zero-order chi connectivity index (χ0) is 25.3.